The molecule has 122 valence electrons. The average Bonchev–Trinajstić information content (AvgIpc) is 2.60. The lowest BCUT2D eigenvalue weighted by molar-refractivity contribution is 0.0954. The largest absolute Gasteiger partial charge is 0.508 e. The van der Waals surface area contributed by atoms with Gasteiger partial charge in [-0.2, -0.15) is 10.4 Å². The Morgan fingerprint density at radius 1 is 1.33 bits per heavy atom. The number of phenolic OH excluding ortho intramolecular Hbond substituents is 1. The number of carbonyl (C=O) groups excluding carboxylic acids is 1. The van der Waals surface area contributed by atoms with E-state index in [4.69, 9.17) is 5.26 Å². The summed E-state index contributed by atoms with van der Waals surface area (Å²) in [5, 5.41) is 21.9. The zero-order chi connectivity index (χ0) is 17.4. The molecule has 0 atom stereocenters. The topological polar surface area (TPSA) is 88.7 Å². The number of nitrogens with one attached hydrogen (secondary N) is 1. The summed E-state index contributed by atoms with van der Waals surface area (Å²) < 4.78 is 0. The van der Waals surface area contributed by atoms with Crippen molar-refractivity contribution in [1.82, 2.24) is 5.43 Å². The molecule has 0 saturated carbocycles. The first-order chi connectivity index (χ1) is 11.6. The van der Waals surface area contributed by atoms with Crippen molar-refractivity contribution in [2.45, 2.75) is 6.42 Å². The second kappa shape index (κ2) is 8.34. The monoisotopic (exact) mass is 322 g/mol. The first-order valence-corrected chi connectivity index (χ1v) is 7.41. The molecule has 0 aliphatic carbocycles. The van der Waals surface area contributed by atoms with E-state index >= 15 is 0 Å². The van der Waals surface area contributed by atoms with Gasteiger partial charge in [-0.1, -0.05) is 18.2 Å². The van der Waals surface area contributed by atoms with Crippen LogP contribution in [0.5, 0.6) is 5.75 Å². The van der Waals surface area contributed by atoms with Crippen LogP contribution >= 0.6 is 0 Å². The molecular formula is C18H18N4O2. The van der Waals surface area contributed by atoms with Gasteiger partial charge in [0.25, 0.3) is 5.91 Å². The number of hydrogen-bond donors (Lipinski definition) is 2. The first kappa shape index (κ1) is 17.0. The van der Waals surface area contributed by atoms with Crippen molar-refractivity contribution in [2.75, 3.05) is 18.5 Å². The molecule has 2 rings (SSSR count). The zero-order valence-electron chi connectivity index (χ0n) is 13.3. The maximum Gasteiger partial charge on any atom is 0.271 e. The molecule has 0 spiro atoms. The molecule has 0 aliphatic heterocycles. The second-order valence-electron chi connectivity index (χ2n) is 5.17. The Bertz CT molecular complexity index is 763. The van der Waals surface area contributed by atoms with Crippen molar-refractivity contribution in [3.8, 4) is 11.8 Å². The molecule has 2 N–H and O–H groups in total. The van der Waals surface area contributed by atoms with Crippen LogP contribution in [-0.2, 0) is 0 Å². The molecule has 0 fully saturated rings. The number of benzene rings is 2. The van der Waals surface area contributed by atoms with Crippen molar-refractivity contribution in [3.63, 3.8) is 0 Å². The summed E-state index contributed by atoms with van der Waals surface area (Å²) in [7, 11) is 1.93. The van der Waals surface area contributed by atoms with Crippen molar-refractivity contribution in [1.29, 1.82) is 5.26 Å². The molecule has 0 unspecified atom stereocenters. The summed E-state index contributed by atoms with van der Waals surface area (Å²) in [4.78, 5) is 13.9. The number of phenols is 1. The van der Waals surface area contributed by atoms with E-state index in [0.717, 1.165) is 11.3 Å². The number of amides is 1. The normalized spacial score (nSPS) is 10.3. The lowest BCUT2D eigenvalue weighted by Crippen LogP contribution is -2.18. The van der Waals surface area contributed by atoms with Crippen LogP contribution in [0.1, 0.15) is 22.3 Å². The Hall–Kier alpha value is -3.33. The molecule has 0 saturated heterocycles. The number of carbonyl (C=O) groups is 1. The van der Waals surface area contributed by atoms with Gasteiger partial charge in [0.1, 0.15) is 5.75 Å². The van der Waals surface area contributed by atoms with E-state index in [-0.39, 0.29) is 5.75 Å². The molecule has 2 aromatic carbocycles. The highest BCUT2D eigenvalue weighted by molar-refractivity contribution is 5.95. The van der Waals surface area contributed by atoms with Crippen LogP contribution in [0.4, 0.5) is 5.69 Å². The van der Waals surface area contributed by atoms with Gasteiger partial charge in [0.2, 0.25) is 0 Å². The fourth-order valence-electron chi connectivity index (χ4n) is 2.04. The van der Waals surface area contributed by atoms with Crippen molar-refractivity contribution in [3.05, 3.63) is 59.7 Å². The van der Waals surface area contributed by atoms with Crippen LogP contribution < -0.4 is 10.3 Å². The Balaban J connectivity index is 1.92. The lowest BCUT2D eigenvalue weighted by Gasteiger charge is -2.17. The van der Waals surface area contributed by atoms with Gasteiger partial charge in [-0.05, 0) is 35.9 Å². The Morgan fingerprint density at radius 2 is 2.08 bits per heavy atom. The summed E-state index contributed by atoms with van der Waals surface area (Å²) in [5.41, 5.74) is 4.59. The molecule has 24 heavy (non-hydrogen) atoms. The predicted octanol–water partition coefficient (Wildman–Crippen LogP) is 2.51. The molecule has 6 heteroatoms. The van der Waals surface area contributed by atoms with Gasteiger partial charge < -0.3 is 10.0 Å². The van der Waals surface area contributed by atoms with Gasteiger partial charge in [0, 0.05) is 24.8 Å². The Kier molecular flexibility index (Phi) is 5.92. The number of nitrogens with zero attached hydrogens (tertiary/aromatic N) is 3. The van der Waals surface area contributed by atoms with E-state index in [1.165, 1.54) is 12.1 Å². The van der Waals surface area contributed by atoms with Gasteiger partial charge >= 0.3 is 0 Å². The van der Waals surface area contributed by atoms with E-state index in [0.29, 0.717) is 18.5 Å². The molecule has 1 amide bonds. The van der Waals surface area contributed by atoms with Crippen LogP contribution in [0.2, 0.25) is 0 Å². The van der Waals surface area contributed by atoms with Crippen molar-refractivity contribution >= 4 is 17.8 Å². The molecule has 0 heterocycles. The fourth-order valence-corrected chi connectivity index (χ4v) is 2.04. The van der Waals surface area contributed by atoms with Crippen molar-refractivity contribution in [2.24, 2.45) is 5.10 Å². The second-order valence-corrected chi connectivity index (χ2v) is 5.17. The maximum absolute atomic E-state index is 11.9. The number of hydrogen-bond acceptors (Lipinski definition) is 5. The van der Waals surface area contributed by atoms with Crippen LogP contribution in [0.25, 0.3) is 0 Å². The van der Waals surface area contributed by atoms with Gasteiger partial charge in [-0.25, -0.2) is 5.43 Å². The number of aromatic hydroxyl groups is 1. The summed E-state index contributed by atoms with van der Waals surface area (Å²) in [6.07, 6.45) is 2.01. The minimum Gasteiger partial charge on any atom is -0.508 e. The fraction of sp³-hybridized carbons (Fsp3) is 0.167. The predicted molar refractivity (Wildman–Crippen MR) is 93.1 cm³/mol. The van der Waals surface area contributed by atoms with Crippen LogP contribution in [-0.4, -0.2) is 30.8 Å². The highest BCUT2D eigenvalue weighted by Crippen LogP contribution is 2.13. The molecular weight excluding hydrogens is 304 g/mol. The van der Waals surface area contributed by atoms with E-state index in [1.54, 1.807) is 18.3 Å². The maximum atomic E-state index is 11.9. The smallest absolute Gasteiger partial charge is 0.271 e. The van der Waals surface area contributed by atoms with Gasteiger partial charge in [0.05, 0.1) is 18.7 Å². The van der Waals surface area contributed by atoms with Gasteiger partial charge in [-0.15, -0.1) is 0 Å². The minimum atomic E-state index is -0.394. The Morgan fingerprint density at radius 3 is 2.75 bits per heavy atom. The van der Waals surface area contributed by atoms with Crippen LogP contribution in [0, 0.1) is 11.3 Å². The number of hydrazone groups is 1. The molecule has 0 aromatic heterocycles. The third kappa shape index (κ3) is 4.85. The quantitative estimate of drug-likeness (QED) is 0.632. The zero-order valence-corrected chi connectivity index (χ0v) is 13.3. The molecule has 0 aliphatic rings. The highest BCUT2D eigenvalue weighted by Gasteiger charge is 2.04. The van der Waals surface area contributed by atoms with E-state index in [9.17, 15) is 9.90 Å². The number of rotatable bonds is 6. The Labute approximate surface area is 140 Å². The molecule has 2 aromatic rings. The summed E-state index contributed by atoms with van der Waals surface area (Å²) in [6.45, 7) is 0.671. The highest BCUT2D eigenvalue weighted by atomic mass is 16.3. The third-order valence-corrected chi connectivity index (χ3v) is 3.38. The molecule has 0 radical (unpaired) electrons. The minimum absolute atomic E-state index is 0.0303. The third-order valence-electron chi connectivity index (χ3n) is 3.38. The summed E-state index contributed by atoms with van der Waals surface area (Å²) in [5.74, 6) is -0.363. The summed E-state index contributed by atoms with van der Waals surface area (Å²) >= 11 is 0. The van der Waals surface area contributed by atoms with E-state index in [1.807, 2.05) is 36.2 Å². The number of nitriles is 1. The molecule has 6 nitrogen and oxygen atoms in total. The SMILES string of the molecule is CN(CCC#N)c1ccc(/C=N\NC(=O)c2cccc(O)c2)cc1. The van der Waals surface area contributed by atoms with Gasteiger partial charge in [0.15, 0.2) is 0 Å². The van der Waals surface area contributed by atoms with Crippen LogP contribution in [0.15, 0.2) is 53.6 Å². The first-order valence-electron chi connectivity index (χ1n) is 7.41. The molecule has 0 bridgehead atoms. The average molecular weight is 322 g/mol. The standard InChI is InChI=1S/C18H18N4O2/c1-22(11-3-10-19)16-8-6-14(7-9-16)13-20-21-18(24)15-4-2-5-17(23)12-15/h2,4-9,12-13,23H,3,11H2,1H3,(H,21,24)/b20-13-. The van der Waals surface area contributed by atoms with E-state index < -0.39 is 5.91 Å². The van der Waals surface area contributed by atoms with Gasteiger partial charge in [-0.3, -0.25) is 4.79 Å². The lowest BCUT2D eigenvalue weighted by atomic mass is 10.2. The number of anilines is 1. The summed E-state index contributed by atoms with van der Waals surface area (Å²) in [6, 6.07) is 15.8. The van der Waals surface area contributed by atoms with E-state index in [2.05, 4.69) is 16.6 Å². The van der Waals surface area contributed by atoms with Crippen molar-refractivity contribution < 1.29 is 9.90 Å². The van der Waals surface area contributed by atoms with Crippen LogP contribution in [0.3, 0.4) is 0 Å².